The highest BCUT2D eigenvalue weighted by Gasteiger charge is 2.26. The number of carboxylic acids is 2. The van der Waals surface area contributed by atoms with Crippen LogP contribution in [0.3, 0.4) is 0 Å². The van der Waals surface area contributed by atoms with Gasteiger partial charge in [0.15, 0.2) is 0 Å². The number of rotatable bonds is 10. The predicted octanol–water partition coefficient (Wildman–Crippen LogP) is -2.22. The van der Waals surface area contributed by atoms with E-state index >= 15 is 0 Å². The molecule has 0 aliphatic carbocycles. The fourth-order valence-electron chi connectivity index (χ4n) is 1.62. The summed E-state index contributed by atoms with van der Waals surface area (Å²) in [5, 5.41) is 24.2. The van der Waals surface area contributed by atoms with Crippen LogP contribution in [0.2, 0.25) is 0 Å². The molecule has 4 unspecified atom stereocenters. The van der Waals surface area contributed by atoms with Crippen molar-refractivity contribution < 1.29 is 34.2 Å². The normalized spacial score (nSPS) is 15.2. The highest BCUT2D eigenvalue weighted by Crippen LogP contribution is 2.00. The van der Waals surface area contributed by atoms with Crippen LogP contribution in [0.4, 0.5) is 0 Å². The molecular formula is C14H24N4O7. The highest BCUT2D eigenvalue weighted by atomic mass is 16.4. The third kappa shape index (κ3) is 8.65. The minimum atomic E-state index is -1.24. The van der Waals surface area contributed by atoms with Crippen molar-refractivity contribution in [2.24, 2.45) is 5.73 Å². The molecule has 0 aromatic rings. The van der Waals surface area contributed by atoms with Crippen LogP contribution in [0.15, 0.2) is 0 Å². The summed E-state index contributed by atoms with van der Waals surface area (Å²) in [6, 6.07) is -4.33. The largest absolute Gasteiger partial charge is 0.481 e. The molecule has 7 N–H and O–H groups in total. The number of nitrogens with one attached hydrogen (secondary N) is 3. The molecule has 142 valence electrons. The summed E-state index contributed by atoms with van der Waals surface area (Å²) in [6.07, 6.45) is -0.576. The first-order valence-corrected chi connectivity index (χ1v) is 7.57. The van der Waals surface area contributed by atoms with E-state index in [1.165, 1.54) is 20.8 Å². The maximum absolute atomic E-state index is 12.2. The van der Waals surface area contributed by atoms with Crippen LogP contribution < -0.4 is 21.7 Å². The molecule has 0 aromatic carbocycles. The summed E-state index contributed by atoms with van der Waals surface area (Å²) in [4.78, 5) is 57.0. The average Bonchev–Trinajstić information content (AvgIpc) is 2.50. The van der Waals surface area contributed by atoms with Gasteiger partial charge < -0.3 is 31.9 Å². The fraction of sp³-hybridized carbons (Fsp3) is 0.643. The second-order valence-corrected chi connectivity index (χ2v) is 5.58. The van der Waals surface area contributed by atoms with Gasteiger partial charge in [-0.25, -0.2) is 0 Å². The third-order valence-corrected chi connectivity index (χ3v) is 3.17. The van der Waals surface area contributed by atoms with Crippen molar-refractivity contribution in [1.82, 2.24) is 16.0 Å². The summed E-state index contributed by atoms with van der Waals surface area (Å²) in [7, 11) is 0. The monoisotopic (exact) mass is 360 g/mol. The molecule has 4 atom stereocenters. The number of hydrogen-bond donors (Lipinski definition) is 6. The Hall–Kier alpha value is -2.69. The van der Waals surface area contributed by atoms with Crippen LogP contribution in [0, 0.1) is 0 Å². The smallest absolute Gasteiger partial charge is 0.325 e. The Morgan fingerprint density at radius 3 is 1.80 bits per heavy atom. The Morgan fingerprint density at radius 1 is 0.840 bits per heavy atom. The van der Waals surface area contributed by atoms with E-state index in [1.54, 1.807) is 0 Å². The maximum Gasteiger partial charge on any atom is 0.325 e. The number of aliphatic carboxylic acids is 2. The lowest BCUT2D eigenvalue weighted by Crippen LogP contribution is -2.55. The molecule has 0 bridgehead atoms. The average molecular weight is 360 g/mol. The Balaban J connectivity index is 4.87. The molecule has 11 heteroatoms. The number of carbonyl (C=O) groups excluding carboxylic acids is 3. The van der Waals surface area contributed by atoms with Crippen LogP contribution in [-0.4, -0.2) is 64.0 Å². The van der Waals surface area contributed by atoms with E-state index in [-0.39, 0.29) is 12.8 Å². The van der Waals surface area contributed by atoms with E-state index in [9.17, 15) is 24.0 Å². The molecule has 0 aliphatic rings. The molecule has 25 heavy (non-hydrogen) atoms. The van der Waals surface area contributed by atoms with Crippen molar-refractivity contribution in [3.05, 3.63) is 0 Å². The van der Waals surface area contributed by atoms with Crippen molar-refractivity contribution in [3.63, 3.8) is 0 Å². The van der Waals surface area contributed by atoms with Crippen LogP contribution in [0.25, 0.3) is 0 Å². The zero-order valence-corrected chi connectivity index (χ0v) is 14.2. The van der Waals surface area contributed by atoms with Gasteiger partial charge in [-0.15, -0.1) is 0 Å². The van der Waals surface area contributed by atoms with Gasteiger partial charge in [0.2, 0.25) is 17.7 Å². The third-order valence-electron chi connectivity index (χ3n) is 3.17. The number of hydrogen-bond acceptors (Lipinski definition) is 6. The summed E-state index contributed by atoms with van der Waals surface area (Å²) in [5.74, 6) is -4.56. The second kappa shape index (κ2) is 10.2. The van der Waals surface area contributed by atoms with E-state index in [2.05, 4.69) is 16.0 Å². The van der Waals surface area contributed by atoms with Crippen molar-refractivity contribution in [3.8, 4) is 0 Å². The first-order valence-electron chi connectivity index (χ1n) is 7.57. The van der Waals surface area contributed by atoms with Crippen LogP contribution >= 0.6 is 0 Å². The Labute approximate surface area is 144 Å². The topological polar surface area (TPSA) is 188 Å². The SMILES string of the molecule is CC(N)C(=O)NC(CCC(=O)O)C(=O)NC(C)C(=O)NC(C)C(=O)O. The number of carboxylic acid groups (broad SMARTS) is 2. The first kappa shape index (κ1) is 22.3. The molecule has 0 spiro atoms. The van der Waals surface area contributed by atoms with E-state index < -0.39 is 53.8 Å². The van der Waals surface area contributed by atoms with Gasteiger partial charge in [-0.3, -0.25) is 24.0 Å². The molecule has 0 saturated heterocycles. The van der Waals surface area contributed by atoms with Gasteiger partial charge in [-0.2, -0.15) is 0 Å². The summed E-state index contributed by atoms with van der Waals surface area (Å²) >= 11 is 0. The van der Waals surface area contributed by atoms with E-state index in [0.717, 1.165) is 0 Å². The number of nitrogens with two attached hydrogens (primary N) is 1. The van der Waals surface area contributed by atoms with Crippen LogP contribution in [-0.2, 0) is 24.0 Å². The summed E-state index contributed by atoms with van der Waals surface area (Å²) in [5.41, 5.74) is 5.39. The maximum atomic E-state index is 12.2. The van der Waals surface area contributed by atoms with Crippen LogP contribution in [0.5, 0.6) is 0 Å². The van der Waals surface area contributed by atoms with Gasteiger partial charge >= 0.3 is 11.9 Å². The Kier molecular flexibility index (Phi) is 9.13. The molecule has 0 heterocycles. The Morgan fingerprint density at radius 2 is 1.36 bits per heavy atom. The fourth-order valence-corrected chi connectivity index (χ4v) is 1.62. The predicted molar refractivity (Wildman–Crippen MR) is 85.3 cm³/mol. The molecule has 0 aromatic heterocycles. The molecule has 0 aliphatic heterocycles. The van der Waals surface area contributed by atoms with Crippen molar-refractivity contribution in [2.45, 2.75) is 57.8 Å². The quantitative estimate of drug-likeness (QED) is 0.252. The lowest BCUT2D eigenvalue weighted by Gasteiger charge is -2.22. The van der Waals surface area contributed by atoms with E-state index in [1.807, 2.05) is 0 Å². The Bertz CT molecular complexity index is 535. The number of carbonyl (C=O) groups is 5. The van der Waals surface area contributed by atoms with Gasteiger partial charge in [0.25, 0.3) is 0 Å². The van der Waals surface area contributed by atoms with Gasteiger partial charge in [0, 0.05) is 6.42 Å². The lowest BCUT2D eigenvalue weighted by molar-refractivity contribution is -0.141. The summed E-state index contributed by atoms with van der Waals surface area (Å²) < 4.78 is 0. The van der Waals surface area contributed by atoms with Crippen molar-refractivity contribution in [2.75, 3.05) is 0 Å². The molecule has 0 saturated carbocycles. The molecular weight excluding hydrogens is 336 g/mol. The summed E-state index contributed by atoms with van der Waals surface area (Å²) in [6.45, 7) is 3.97. The zero-order valence-electron chi connectivity index (χ0n) is 14.2. The minimum absolute atomic E-state index is 0.195. The number of amides is 3. The standard InChI is InChI=1S/C14H24N4O7/c1-6(15)11(21)18-9(4-5-10(19)20)13(23)16-7(2)12(22)17-8(3)14(24)25/h6-9H,4-5,15H2,1-3H3,(H,16,23)(H,17,22)(H,18,21)(H,19,20)(H,24,25). The molecule has 0 fully saturated rings. The first-order chi connectivity index (χ1) is 11.5. The molecule has 0 radical (unpaired) electrons. The zero-order chi connectivity index (χ0) is 19.7. The van der Waals surface area contributed by atoms with Crippen molar-refractivity contribution >= 4 is 29.7 Å². The van der Waals surface area contributed by atoms with Crippen molar-refractivity contribution in [1.29, 1.82) is 0 Å². The van der Waals surface area contributed by atoms with Gasteiger partial charge in [-0.05, 0) is 27.2 Å². The van der Waals surface area contributed by atoms with Gasteiger partial charge in [-0.1, -0.05) is 0 Å². The lowest BCUT2D eigenvalue weighted by atomic mass is 10.1. The minimum Gasteiger partial charge on any atom is -0.481 e. The van der Waals surface area contributed by atoms with Gasteiger partial charge in [0.05, 0.1) is 6.04 Å². The highest BCUT2D eigenvalue weighted by molar-refractivity contribution is 5.93. The molecule has 11 nitrogen and oxygen atoms in total. The van der Waals surface area contributed by atoms with Gasteiger partial charge in [0.1, 0.15) is 18.1 Å². The second-order valence-electron chi connectivity index (χ2n) is 5.58. The van der Waals surface area contributed by atoms with Crippen LogP contribution in [0.1, 0.15) is 33.6 Å². The molecule has 0 rings (SSSR count). The van der Waals surface area contributed by atoms with E-state index in [4.69, 9.17) is 15.9 Å². The molecule has 3 amide bonds. The van der Waals surface area contributed by atoms with E-state index in [0.29, 0.717) is 0 Å².